The van der Waals surface area contributed by atoms with Crippen LogP contribution in [-0.2, 0) is 0 Å². The third-order valence-electron chi connectivity index (χ3n) is 1.04. The first-order valence-electron chi connectivity index (χ1n) is 2.61. The summed E-state index contributed by atoms with van der Waals surface area (Å²) in [5.74, 6) is 0. The zero-order valence-corrected chi connectivity index (χ0v) is 8.60. The molecule has 1 aromatic rings. The fourth-order valence-corrected chi connectivity index (χ4v) is 0.589. The first kappa shape index (κ1) is 8.84. The molecule has 0 unspecified atom stereocenters. The number of hydrogen-bond donors (Lipinski definition) is 0. The third-order valence-corrected chi connectivity index (χ3v) is 1.04. The summed E-state index contributed by atoms with van der Waals surface area (Å²) in [5.41, 5.74) is 1.17. The van der Waals surface area contributed by atoms with E-state index in [9.17, 15) is 0 Å². The average Bonchev–Trinajstić information content (AvgIpc) is 1.90. The molecule has 1 aromatic carbocycles. The van der Waals surface area contributed by atoms with Gasteiger partial charge in [0.05, 0.1) is 0 Å². The summed E-state index contributed by atoms with van der Waals surface area (Å²) < 4.78 is 0. The van der Waals surface area contributed by atoms with E-state index in [4.69, 9.17) is 0 Å². The molecule has 0 aromatic heterocycles. The Labute approximate surface area is 74.7 Å². The van der Waals surface area contributed by atoms with Crippen molar-refractivity contribution < 1.29 is 0 Å². The van der Waals surface area contributed by atoms with Crippen molar-refractivity contribution >= 4 is 32.3 Å². The van der Waals surface area contributed by atoms with Crippen molar-refractivity contribution in [2.75, 3.05) is 0 Å². The second-order valence-electron chi connectivity index (χ2n) is 1.61. The summed E-state index contributed by atoms with van der Waals surface area (Å²) in [6.07, 6.45) is 1.83. The van der Waals surface area contributed by atoms with E-state index in [2.05, 4.69) is 6.58 Å². The van der Waals surface area contributed by atoms with E-state index in [-0.39, 0.29) is 26.2 Å². The first-order chi connectivity index (χ1) is 3.93. The number of hydrogen-bond acceptors (Lipinski definition) is 0. The van der Waals surface area contributed by atoms with E-state index < -0.39 is 0 Å². The maximum Gasteiger partial charge on any atom is 0 e. The standard InChI is InChI=1S/C8H8.Bi/c1-2-8-6-4-3-5-7-8;/h2-7H,1H2;. The van der Waals surface area contributed by atoms with Gasteiger partial charge < -0.3 is 0 Å². The van der Waals surface area contributed by atoms with Crippen molar-refractivity contribution in [2.24, 2.45) is 0 Å². The fraction of sp³-hybridized carbons (Fsp3) is 0. The smallest absolute Gasteiger partial charge is 0 e. The van der Waals surface area contributed by atoms with Crippen molar-refractivity contribution in [2.45, 2.75) is 0 Å². The second kappa shape index (κ2) is 4.70. The van der Waals surface area contributed by atoms with Crippen LogP contribution < -0.4 is 0 Å². The van der Waals surface area contributed by atoms with Crippen LogP contribution in [0.4, 0.5) is 0 Å². The molecule has 0 amide bonds. The maximum absolute atomic E-state index is 3.63. The van der Waals surface area contributed by atoms with Gasteiger partial charge in [0.2, 0.25) is 0 Å². The Kier molecular flexibility index (Phi) is 4.61. The topological polar surface area (TPSA) is 0 Å². The molecule has 0 aliphatic carbocycles. The minimum absolute atomic E-state index is 0. The molecule has 0 nitrogen and oxygen atoms in total. The van der Waals surface area contributed by atoms with Crippen molar-refractivity contribution in [3.05, 3.63) is 42.5 Å². The van der Waals surface area contributed by atoms with Crippen molar-refractivity contribution in [3.8, 4) is 0 Å². The van der Waals surface area contributed by atoms with Crippen molar-refractivity contribution in [1.29, 1.82) is 0 Å². The van der Waals surface area contributed by atoms with Crippen LogP contribution in [0.15, 0.2) is 36.9 Å². The molecule has 0 aliphatic rings. The minimum atomic E-state index is 0. The van der Waals surface area contributed by atoms with Gasteiger partial charge in [0.15, 0.2) is 0 Å². The van der Waals surface area contributed by atoms with Crippen LogP contribution in [0.25, 0.3) is 6.08 Å². The molecule has 0 saturated heterocycles. The molecular formula is C8H8Bi. The monoisotopic (exact) mass is 313 g/mol. The Hall–Kier alpha value is -0.157. The van der Waals surface area contributed by atoms with Crippen LogP contribution in [0.1, 0.15) is 5.56 Å². The predicted octanol–water partition coefficient (Wildman–Crippen LogP) is 1.95. The summed E-state index contributed by atoms with van der Waals surface area (Å²) in [7, 11) is 0. The van der Waals surface area contributed by atoms with Gasteiger partial charge in [0.25, 0.3) is 0 Å². The van der Waals surface area contributed by atoms with E-state index in [1.807, 2.05) is 36.4 Å². The van der Waals surface area contributed by atoms with Gasteiger partial charge in [-0.3, -0.25) is 0 Å². The van der Waals surface area contributed by atoms with Crippen LogP contribution in [0.2, 0.25) is 0 Å². The van der Waals surface area contributed by atoms with Gasteiger partial charge >= 0.3 is 0 Å². The molecule has 0 spiro atoms. The summed E-state index contributed by atoms with van der Waals surface area (Å²) in [6, 6.07) is 10.0. The fourth-order valence-electron chi connectivity index (χ4n) is 0.589. The zero-order valence-electron chi connectivity index (χ0n) is 5.12. The molecule has 0 N–H and O–H groups in total. The van der Waals surface area contributed by atoms with Gasteiger partial charge in [0, 0.05) is 26.2 Å². The van der Waals surface area contributed by atoms with Crippen molar-refractivity contribution in [1.82, 2.24) is 0 Å². The number of rotatable bonds is 1. The van der Waals surface area contributed by atoms with E-state index >= 15 is 0 Å². The summed E-state index contributed by atoms with van der Waals surface area (Å²) in [5, 5.41) is 0. The molecule has 0 fully saturated rings. The molecule has 0 aliphatic heterocycles. The predicted molar refractivity (Wildman–Crippen MR) is 42.3 cm³/mol. The van der Waals surface area contributed by atoms with Gasteiger partial charge in [-0.15, -0.1) is 0 Å². The Morgan fingerprint density at radius 2 is 1.67 bits per heavy atom. The first-order valence-corrected chi connectivity index (χ1v) is 2.61. The Morgan fingerprint density at radius 1 is 1.11 bits per heavy atom. The SMILES string of the molecule is C=Cc1ccccc1.[Bi]. The Bertz CT molecular complexity index is 167. The average molecular weight is 313 g/mol. The van der Waals surface area contributed by atoms with Gasteiger partial charge in [-0.2, -0.15) is 0 Å². The van der Waals surface area contributed by atoms with Gasteiger partial charge in [-0.25, -0.2) is 0 Å². The van der Waals surface area contributed by atoms with Gasteiger partial charge in [-0.1, -0.05) is 43.0 Å². The van der Waals surface area contributed by atoms with E-state index in [1.54, 1.807) is 0 Å². The molecule has 0 bridgehead atoms. The summed E-state index contributed by atoms with van der Waals surface area (Å²) in [4.78, 5) is 0. The third kappa shape index (κ3) is 2.76. The molecule has 0 heterocycles. The van der Waals surface area contributed by atoms with Crippen LogP contribution in [0.3, 0.4) is 0 Å². The second-order valence-corrected chi connectivity index (χ2v) is 1.61. The van der Waals surface area contributed by atoms with E-state index in [1.165, 1.54) is 5.56 Å². The Balaban J connectivity index is 0.000000640. The zero-order chi connectivity index (χ0) is 5.82. The van der Waals surface area contributed by atoms with Crippen LogP contribution in [-0.4, -0.2) is 26.2 Å². The molecule has 1 rings (SSSR count). The van der Waals surface area contributed by atoms with Crippen LogP contribution in [0, 0.1) is 0 Å². The van der Waals surface area contributed by atoms with E-state index in [0.717, 1.165) is 0 Å². The summed E-state index contributed by atoms with van der Waals surface area (Å²) in [6.45, 7) is 3.63. The van der Waals surface area contributed by atoms with Crippen molar-refractivity contribution in [3.63, 3.8) is 0 Å². The molecule has 0 atom stereocenters. The van der Waals surface area contributed by atoms with Crippen LogP contribution in [0.5, 0.6) is 0 Å². The molecule has 1 heteroatoms. The molecular weight excluding hydrogens is 305 g/mol. The number of benzene rings is 1. The molecule has 45 valence electrons. The Morgan fingerprint density at radius 3 is 2.00 bits per heavy atom. The quantitative estimate of drug-likeness (QED) is 0.695. The normalized spacial score (nSPS) is 7.56. The molecule has 0 saturated carbocycles. The van der Waals surface area contributed by atoms with Gasteiger partial charge in [-0.05, 0) is 5.56 Å². The largest absolute Gasteiger partial charge is 0.0985 e. The molecule has 3 radical (unpaired) electrons. The summed E-state index contributed by atoms with van der Waals surface area (Å²) >= 11 is 0. The maximum atomic E-state index is 3.63. The molecule has 9 heavy (non-hydrogen) atoms. The van der Waals surface area contributed by atoms with Crippen LogP contribution >= 0.6 is 0 Å². The van der Waals surface area contributed by atoms with E-state index in [0.29, 0.717) is 0 Å². The minimum Gasteiger partial charge on any atom is -0.0985 e. The van der Waals surface area contributed by atoms with Gasteiger partial charge in [0.1, 0.15) is 0 Å².